The Morgan fingerprint density at radius 1 is 0.920 bits per heavy atom. The second-order valence-electron chi connectivity index (χ2n) is 5.39. The van der Waals surface area contributed by atoms with Crippen molar-refractivity contribution in [3.8, 4) is 5.75 Å². The van der Waals surface area contributed by atoms with Crippen LogP contribution in [0, 0.1) is 0 Å². The Kier molecular flexibility index (Phi) is 6.71. The molecular formula is C19H20N2O4. The van der Waals surface area contributed by atoms with E-state index >= 15 is 0 Å². The fourth-order valence-electron chi connectivity index (χ4n) is 2.19. The molecule has 25 heavy (non-hydrogen) atoms. The Hall–Kier alpha value is -3.15. The van der Waals surface area contributed by atoms with Crippen LogP contribution in [0.1, 0.15) is 22.8 Å². The Bertz CT molecular complexity index is 744. The second-order valence-corrected chi connectivity index (χ2v) is 5.39. The van der Waals surface area contributed by atoms with E-state index in [9.17, 15) is 14.4 Å². The zero-order valence-electron chi connectivity index (χ0n) is 14.0. The normalized spacial score (nSPS) is 9.96. The number of rotatable bonds is 7. The van der Waals surface area contributed by atoms with Crippen LogP contribution in [0.4, 0.5) is 0 Å². The number of amides is 2. The van der Waals surface area contributed by atoms with Crippen LogP contribution in [0.25, 0.3) is 0 Å². The molecule has 2 amide bonds. The molecule has 0 unspecified atom stereocenters. The summed E-state index contributed by atoms with van der Waals surface area (Å²) in [4.78, 5) is 34.8. The third-order valence-electron chi connectivity index (χ3n) is 3.30. The molecule has 2 aromatic rings. The zero-order valence-corrected chi connectivity index (χ0v) is 14.0. The smallest absolute Gasteiger partial charge is 0.308 e. The van der Waals surface area contributed by atoms with E-state index in [2.05, 4.69) is 10.6 Å². The van der Waals surface area contributed by atoms with Crippen LogP contribution in [0.2, 0.25) is 0 Å². The maximum Gasteiger partial charge on any atom is 0.308 e. The van der Waals surface area contributed by atoms with E-state index in [0.29, 0.717) is 30.8 Å². The van der Waals surface area contributed by atoms with E-state index in [1.54, 1.807) is 18.2 Å². The van der Waals surface area contributed by atoms with Gasteiger partial charge in [-0.3, -0.25) is 14.4 Å². The first kappa shape index (κ1) is 18.2. The van der Waals surface area contributed by atoms with Gasteiger partial charge in [0, 0.05) is 25.6 Å². The van der Waals surface area contributed by atoms with Crippen LogP contribution in [0.15, 0.2) is 54.6 Å². The molecule has 0 aliphatic carbocycles. The molecule has 2 aromatic carbocycles. The summed E-state index contributed by atoms with van der Waals surface area (Å²) in [5.41, 5.74) is 1.32. The highest BCUT2D eigenvalue weighted by Gasteiger charge is 2.08. The monoisotopic (exact) mass is 340 g/mol. The Morgan fingerprint density at radius 3 is 2.36 bits per heavy atom. The molecule has 0 aliphatic rings. The molecule has 0 radical (unpaired) electrons. The first-order valence-corrected chi connectivity index (χ1v) is 7.92. The van der Waals surface area contributed by atoms with Gasteiger partial charge >= 0.3 is 5.97 Å². The Balaban J connectivity index is 1.73. The lowest BCUT2D eigenvalue weighted by atomic mass is 10.1. The summed E-state index contributed by atoms with van der Waals surface area (Å²) in [5.74, 6) is -0.529. The van der Waals surface area contributed by atoms with Gasteiger partial charge in [0.25, 0.3) is 5.91 Å². The fourth-order valence-corrected chi connectivity index (χ4v) is 2.19. The number of carbonyl (C=O) groups excluding carboxylic acids is 3. The third kappa shape index (κ3) is 6.47. The van der Waals surface area contributed by atoms with Gasteiger partial charge in [-0.05, 0) is 23.8 Å². The third-order valence-corrected chi connectivity index (χ3v) is 3.30. The van der Waals surface area contributed by atoms with Crippen molar-refractivity contribution in [1.29, 1.82) is 0 Å². The number of hydrogen-bond donors (Lipinski definition) is 2. The zero-order chi connectivity index (χ0) is 18.1. The van der Waals surface area contributed by atoms with Crippen molar-refractivity contribution in [2.45, 2.75) is 13.3 Å². The minimum atomic E-state index is -0.446. The number of hydrogen-bond acceptors (Lipinski definition) is 4. The van der Waals surface area contributed by atoms with Crippen molar-refractivity contribution in [2.24, 2.45) is 0 Å². The van der Waals surface area contributed by atoms with Crippen molar-refractivity contribution >= 4 is 17.8 Å². The van der Waals surface area contributed by atoms with E-state index in [0.717, 1.165) is 5.56 Å². The molecule has 6 nitrogen and oxygen atoms in total. The minimum Gasteiger partial charge on any atom is -0.427 e. The lowest BCUT2D eigenvalue weighted by Gasteiger charge is -2.08. The highest BCUT2D eigenvalue weighted by Crippen LogP contribution is 2.13. The van der Waals surface area contributed by atoms with Gasteiger partial charge in [-0.15, -0.1) is 0 Å². The van der Waals surface area contributed by atoms with Crippen LogP contribution in [0.3, 0.4) is 0 Å². The molecular weight excluding hydrogens is 320 g/mol. The van der Waals surface area contributed by atoms with Crippen LogP contribution in [0.5, 0.6) is 5.75 Å². The molecule has 0 atom stereocenters. The SMILES string of the molecule is CC(=O)Oc1cccc(C(=O)NCCNC(=O)Cc2ccccc2)c1. The quantitative estimate of drug-likeness (QED) is 0.456. The molecule has 2 N–H and O–H groups in total. The standard InChI is InChI=1S/C19H20N2O4/c1-14(22)25-17-9-5-8-16(13-17)19(24)21-11-10-20-18(23)12-15-6-3-2-4-7-15/h2-9,13H,10-12H2,1H3,(H,20,23)(H,21,24). The topological polar surface area (TPSA) is 84.5 Å². The van der Waals surface area contributed by atoms with Gasteiger partial charge in [-0.25, -0.2) is 0 Å². The summed E-state index contributed by atoms with van der Waals surface area (Å²) >= 11 is 0. The van der Waals surface area contributed by atoms with E-state index in [4.69, 9.17) is 4.74 Å². The first-order valence-electron chi connectivity index (χ1n) is 7.92. The maximum atomic E-state index is 12.1. The second kappa shape index (κ2) is 9.22. The molecule has 130 valence electrons. The molecule has 0 aromatic heterocycles. The van der Waals surface area contributed by atoms with E-state index < -0.39 is 5.97 Å². The largest absolute Gasteiger partial charge is 0.427 e. The van der Waals surface area contributed by atoms with Crippen molar-refractivity contribution in [3.63, 3.8) is 0 Å². The molecule has 0 saturated carbocycles. The van der Waals surface area contributed by atoms with Gasteiger partial charge in [0.15, 0.2) is 0 Å². The highest BCUT2D eigenvalue weighted by atomic mass is 16.5. The molecule has 0 spiro atoms. The van der Waals surface area contributed by atoms with Gasteiger partial charge in [-0.1, -0.05) is 36.4 Å². The molecule has 2 rings (SSSR count). The molecule has 0 heterocycles. The number of ether oxygens (including phenoxy) is 1. The lowest BCUT2D eigenvalue weighted by molar-refractivity contribution is -0.131. The van der Waals surface area contributed by atoms with E-state index in [-0.39, 0.29) is 11.8 Å². The molecule has 0 fully saturated rings. The van der Waals surface area contributed by atoms with Gasteiger partial charge in [0.2, 0.25) is 5.91 Å². The lowest BCUT2D eigenvalue weighted by Crippen LogP contribution is -2.35. The number of esters is 1. The molecule has 0 aliphatic heterocycles. The van der Waals surface area contributed by atoms with E-state index in [1.807, 2.05) is 30.3 Å². The fraction of sp³-hybridized carbons (Fsp3) is 0.211. The van der Waals surface area contributed by atoms with Gasteiger partial charge < -0.3 is 15.4 Å². The van der Waals surface area contributed by atoms with Gasteiger partial charge in [0.1, 0.15) is 5.75 Å². The Morgan fingerprint density at radius 2 is 1.64 bits per heavy atom. The van der Waals surface area contributed by atoms with Crippen LogP contribution < -0.4 is 15.4 Å². The van der Waals surface area contributed by atoms with Gasteiger partial charge in [-0.2, -0.15) is 0 Å². The van der Waals surface area contributed by atoms with E-state index in [1.165, 1.54) is 13.0 Å². The molecule has 6 heteroatoms. The van der Waals surface area contributed by atoms with Gasteiger partial charge in [0.05, 0.1) is 6.42 Å². The van der Waals surface area contributed by atoms with Crippen molar-refractivity contribution in [1.82, 2.24) is 10.6 Å². The van der Waals surface area contributed by atoms with Crippen LogP contribution in [-0.4, -0.2) is 30.9 Å². The highest BCUT2D eigenvalue weighted by molar-refractivity contribution is 5.94. The molecule has 0 saturated heterocycles. The number of benzene rings is 2. The van der Waals surface area contributed by atoms with Crippen LogP contribution >= 0.6 is 0 Å². The summed E-state index contributed by atoms with van der Waals surface area (Å²) in [6.07, 6.45) is 0.305. The van der Waals surface area contributed by atoms with Crippen molar-refractivity contribution in [3.05, 3.63) is 65.7 Å². The summed E-state index contributed by atoms with van der Waals surface area (Å²) < 4.78 is 4.94. The van der Waals surface area contributed by atoms with Crippen molar-refractivity contribution < 1.29 is 19.1 Å². The van der Waals surface area contributed by atoms with Crippen LogP contribution in [-0.2, 0) is 16.0 Å². The summed E-state index contributed by atoms with van der Waals surface area (Å²) in [6.45, 7) is 1.93. The molecule has 0 bridgehead atoms. The summed E-state index contributed by atoms with van der Waals surface area (Å²) in [6, 6.07) is 15.8. The predicted molar refractivity (Wildman–Crippen MR) is 93.2 cm³/mol. The van der Waals surface area contributed by atoms with Crippen molar-refractivity contribution in [2.75, 3.05) is 13.1 Å². The average Bonchev–Trinajstić information content (AvgIpc) is 2.59. The predicted octanol–water partition coefficient (Wildman–Crippen LogP) is 1.70. The summed E-state index contributed by atoms with van der Waals surface area (Å²) in [7, 11) is 0. The summed E-state index contributed by atoms with van der Waals surface area (Å²) in [5, 5.41) is 5.46. The number of carbonyl (C=O) groups is 3. The minimum absolute atomic E-state index is 0.0997. The average molecular weight is 340 g/mol. The maximum absolute atomic E-state index is 12.1. The first-order chi connectivity index (χ1) is 12.0. The number of nitrogens with one attached hydrogen (secondary N) is 2. The Labute approximate surface area is 146 Å².